The normalized spacial score (nSPS) is 11.6. The first kappa shape index (κ1) is 8.11. The van der Waals surface area contributed by atoms with Crippen molar-refractivity contribution in [2.45, 2.75) is 19.5 Å². The SMILES string of the molecule is CC(C)(F)c1cncc(F)c1. The van der Waals surface area contributed by atoms with Gasteiger partial charge >= 0.3 is 0 Å². The number of nitrogens with zero attached hydrogens (tertiary/aromatic N) is 1. The van der Waals surface area contributed by atoms with E-state index >= 15 is 0 Å². The lowest BCUT2D eigenvalue weighted by molar-refractivity contribution is 0.220. The zero-order valence-corrected chi connectivity index (χ0v) is 6.44. The maximum absolute atomic E-state index is 13.1. The van der Waals surface area contributed by atoms with E-state index in [0.717, 1.165) is 12.3 Å². The first-order valence-electron chi connectivity index (χ1n) is 3.30. The molecule has 60 valence electrons. The van der Waals surface area contributed by atoms with Crippen molar-refractivity contribution in [3.05, 3.63) is 29.8 Å². The molecule has 1 aromatic heterocycles. The van der Waals surface area contributed by atoms with Crippen LogP contribution in [0.25, 0.3) is 0 Å². The van der Waals surface area contributed by atoms with E-state index in [-0.39, 0.29) is 5.56 Å². The average molecular weight is 157 g/mol. The Hall–Kier alpha value is -0.990. The Morgan fingerprint density at radius 3 is 2.36 bits per heavy atom. The van der Waals surface area contributed by atoms with Gasteiger partial charge in [0.15, 0.2) is 0 Å². The zero-order valence-electron chi connectivity index (χ0n) is 6.44. The summed E-state index contributed by atoms with van der Waals surface area (Å²) in [4.78, 5) is 3.54. The minimum atomic E-state index is -1.52. The molecule has 0 N–H and O–H groups in total. The first-order valence-corrected chi connectivity index (χ1v) is 3.30. The summed E-state index contributed by atoms with van der Waals surface area (Å²) in [5, 5.41) is 0. The van der Waals surface area contributed by atoms with Crippen LogP contribution in [0, 0.1) is 5.82 Å². The van der Waals surface area contributed by atoms with Gasteiger partial charge in [0.2, 0.25) is 0 Å². The topological polar surface area (TPSA) is 12.9 Å². The van der Waals surface area contributed by atoms with E-state index in [1.165, 1.54) is 20.0 Å². The molecule has 0 amide bonds. The summed E-state index contributed by atoms with van der Waals surface area (Å²) in [6.07, 6.45) is 2.37. The Balaban J connectivity index is 3.06. The lowest BCUT2D eigenvalue weighted by atomic mass is 10.0. The van der Waals surface area contributed by atoms with E-state index in [4.69, 9.17) is 0 Å². The third-order valence-electron chi connectivity index (χ3n) is 1.39. The predicted octanol–water partition coefficient (Wildman–Crippen LogP) is 2.43. The van der Waals surface area contributed by atoms with E-state index < -0.39 is 11.5 Å². The van der Waals surface area contributed by atoms with Crippen molar-refractivity contribution in [2.24, 2.45) is 0 Å². The van der Waals surface area contributed by atoms with Crippen LogP contribution < -0.4 is 0 Å². The van der Waals surface area contributed by atoms with Crippen molar-refractivity contribution >= 4 is 0 Å². The highest BCUT2D eigenvalue weighted by Crippen LogP contribution is 2.23. The van der Waals surface area contributed by atoms with Crippen molar-refractivity contribution in [1.29, 1.82) is 0 Å². The van der Waals surface area contributed by atoms with Crippen LogP contribution in [0.2, 0.25) is 0 Å². The Kier molecular flexibility index (Phi) is 1.89. The van der Waals surface area contributed by atoms with Crippen molar-refractivity contribution < 1.29 is 8.78 Å². The molecule has 0 bridgehead atoms. The van der Waals surface area contributed by atoms with Gasteiger partial charge in [0.25, 0.3) is 0 Å². The molecule has 0 aliphatic carbocycles. The predicted molar refractivity (Wildman–Crippen MR) is 38.3 cm³/mol. The summed E-state index contributed by atoms with van der Waals surface area (Å²) >= 11 is 0. The Morgan fingerprint density at radius 2 is 2.00 bits per heavy atom. The van der Waals surface area contributed by atoms with E-state index in [9.17, 15) is 8.78 Å². The van der Waals surface area contributed by atoms with Gasteiger partial charge in [-0.25, -0.2) is 8.78 Å². The molecule has 0 aliphatic rings. The third kappa shape index (κ3) is 1.97. The summed E-state index contributed by atoms with van der Waals surface area (Å²) in [6.45, 7) is 2.73. The number of hydrogen-bond donors (Lipinski definition) is 0. The van der Waals surface area contributed by atoms with Crippen LogP contribution in [0.5, 0.6) is 0 Å². The van der Waals surface area contributed by atoms with E-state index in [1.54, 1.807) is 0 Å². The Labute approximate surface area is 64.1 Å². The van der Waals surface area contributed by atoms with Crippen LogP contribution >= 0.6 is 0 Å². The van der Waals surface area contributed by atoms with Crippen molar-refractivity contribution in [2.75, 3.05) is 0 Å². The second-order valence-electron chi connectivity index (χ2n) is 2.86. The smallest absolute Gasteiger partial charge is 0.141 e. The Bertz CT molecular complexity index is 253. The minimum absolute atomic E-state index is 0.262. The molecule has 0 saturated heterocycles. The molecule has 0 radical (unpaired) electrons. The summed E-state index contributed by atoms with van der Waals surface area (Å²) in [5.41, 5.74) is -1.26. The average Bonchev–Trinajstić information content (AvgIpc) is 1.86. The van der Waals surface area contributed by atoms with Crippen LogP contribution in [0.15, 0.2) is 18.5 Å². The highest BCUT2D eigenvalue weighted by molar-refractivity contribution is 5.16. The molecule has 3 heteroatoms. The van der Waals surface area contributed by atoms with Gasteiger partial charge in [-0.1, -0.05) is 0 Å². The van der Waals surface area contributed by atoms with Gasteiger partial charge in [-0.05, 0) is 19.9 Å². The number of rotatable bonds is 1. The molecular weight excluding hydrogens is 148 g/mol. The summed E-state index contributed by atoms with van der Waals surface area (Å²) in [5.74, 6) is -0.506. The Morgan fingerprint density at radius 1 is 1.36 bits per heavy atom. The summed E-state index contributed by atoms with van der Waals surface area (Å²) in [6, 6.07) is 1.15. The van der Waals surface area contributed by atoms with Gasteiger partial charge in [0.05, 0.1) is 6.20 Å². The van der Waals surface area contributed by atoms with Crippen LogP contribution in [0.4, 0.5) is 8.78 Å². The van der Waals surface area contributed by atoms with Crippen LogP contribution in [-0.4, -0.2) is 4.98 Å². The molecular formula is C8H9F2N. The van der Waals surface area contributed by atoms with Crippen molar-refractivity contribution in [3.8, 4) is 0 Å². The fraction of sp³-hybridized carbons (Fsp3) is 0.375. The monoisotopic (exact) mass is 157 g/mol. The highest BCUT2D eigenvalue weighted by atomic mass is 19.1. The molecule has 0 spiro atoms. The lowest BCUT2D eigenvalue weighted by Gasteiger charge is -2.12. The van der Waals surface area contributed by atoms with Crippen LogP contribution in [0.3, 0.4) is 0 Å². The van der Waals surface area contributed by atoms with E-state index in [2.05, 4.69) is 4.98 Å². The molecule has 0 fully saturated rings. The van der Waals surface area contributed by atoms with Gasteiger partial charge in [0, 0.05) is 11.8 Å². The molecule has 1 nitrogen and oxygen atoms in total. The van der Waals surface area contributed by atoms with E-state index in [1.807, 2.05) is 0 Å². The van der Waals surface area contributed by atoms with Gasteiger partial charge in [-0.3, -0.25) is 4.98 Å². The van der Waals surface area contributed by atoms with Crippen molar-refractivity contribution in [3.63, 3.8) is 0 Å². The molecule has 11 heavy (non-hydrogen) atoms. The summed E-state index contributed by atoms with van der Waals surface area (Å²) in [7, 11) is 0. The number of halogens is 2. The molecule has 0 aliphatic heterocycles. The fourth-order valence-corrected chi connectivity index (χ4v) is 0.737. The lowest BCUT2D eigenvalue weighted by Crippen LogP contribution is -2.09. The molecule has 0 unspecified atom stereocenters. The molecule has 0 atom stereocenters. The molecule has 1 heterocycles. The number of pyridine rings is 1. The second-order valence-corrected chi connectivity index (χ2v) is 2.86. The largest absolute Gasteiger partial charge is 0.261 e. The van der Waals surface area contributed by atoms with E-state index in [0.29, 0.717) is 0 Å². The standard InChI is InChI=1S/C8H9F2N/c1-8(2,10)6-3-7(9)5-11-4-6/h3-5H,1-2H3. The molecule has 0 aromatic carbocycles. The van der Waals surface area contributed by atoms with Gasteiger partial charge in [0.1, 0.15) is 11.5 Å². The molecule has 1 rings (SSSR count). The summed E-state index contributed by atoms with van der Waals surface area (Å²) < 4.78 is 25.6. The van der Waals surface area contributed by atoms with Gasteiger partial charge in [-0.2, -0.15) is 0 Å². The number of aromatic nitrogens is 1. The fourth-order valence-electron chi connectivity index (χ4n) is 0.737. The zero-order chi connectivity index (χ0) is 8.48. The second kappa shape index (κ2) is 2.57. The molecule has 1 aromatic rings. The molecule has 0 saturated carbocycles. The number of hydrogen-bond acceptors (Lipinski definition) is 1. The maximum atomic E-state index is 13.1. The van der Waals surface area contributed by atoms with Crippen molar-refractivity contribution in [1.82, 2.24) is 4.98 Å². The number of alkyl halides is 1. The van der Waals surface area contributed by atoms with Gasteiger partial charge in [-0.15, -0.1) is 0 Å². The first-order chi connectivity index (χ1) is 5.00. The quantitative estimate of drug-likeness (QED) is 0.610. The third-order valence-corrected chi connectivity index (χ3v) is 1.39. The van der Waals surface area contributed by atoms with Gasteiger partial charge < -0.3 is 0 Å². The highest BCUT2D eigenvalue weighted by Gasteiger charge is 2.19. The van der Waals surface area contributed by atoms with Crippen LogP contribution in [0.1, 0.15) is 19.4 Å². The van der Waals surface area contributed by atoms with Crippen LogP contribution in [-0.2, 0) is 5.67 Å². The minimum Gasteiger partial charge on any atom is -0.261 e. The maximum Gasteiger partial charge on any atom is 0.141 e.